The van der Waals surface area contributed by atoms with Crippen LogP contribution in [0.2, 0.25) is 0 Å². The number of aryl methyl sites for hydroxylation is 1. The van der Waals surface area contributed by atoms with Crippen molar-refractivity contribution in [2.45, 2.75) is 25.9 Å². The molecule has 5 heteroatoms. The second-order valence-corrected chi connectivity index (χ2v) is 7.27. The van der Waals surface area contributed by atoms with Crippen molar-refractivity contribution >= 4 is 5.91 Å². The number of hydrogen-bond donors (Lipinski definition) is 1. The number of piperidine rings is 1. The first kappa shape index (κ1) is 18.4. The Balaban J connectivity index is 1.43. The molecule has 144 valence electrons. The summed E-state index contributed by atoms with van der Waals surface area (Å²) in [5.74, 6) is 1.06. The summed E-state index contributed by atoms with van der Waals surface area (Å²) < 4.78 is 5.73. The number of aliphatic hydroxyl groups is 1. The number of rotatable bonds is 4. The van der Waals surface area contributed by atoms with Crippen LogP contribution in [0, 0.1) is 12.8 Å². The van der Waals surface area contributed by atoms with Gasteiger partial charge in [0.25, 0.3) is 5.91 Å². The monoisotopic (exact) mass is 376 g/mol. The fourth-order valence-electron chi connectivity index (χ4n) is 3.79. The third-order valence-corrected chi connectivity index (χ3v) is 5.43. The number of oxazole rings is 1. The molecule has 1 saturated heterocycles. The number of carbonyl (C=O) groups is 1. The van der Waals surface area contributed by atoms with Crippen LogP contribution >= 0.6 is 0 Å². The molecule has 1 aliphatic heterocycles. The van der Waals surface area contributed by atoms with Gasteiger partial charge < -0.3 is 14.4 Å². The van der Waals surface area contributed by atoms with Crippen molar-refractivity contribution < 1.29 is 14.3 Å². The molecule has 3 aromatic rings. The molecule has 0 aliphatic carbocycles. The van der Waals surface area contributed by atoms with Gasteiger partial charge in [0.1, 0.15) is 5.76 Å². The van der Waals surface area contributed by atoms with Gasteiger partial charge in [-0.15, -0.1) is 0 Å². The van der Waals surface area contributed by atoms with E-state index in [-0.39, 0.29) is 11.8 Å². The Kier molecular flexibility index (Phi) is 5.26. The summed E-state index contributed by atoms with van der Waals surface area (Å²) in [6.45, 7) is 3.00. The zero-order chi connectivity index (χ0) is 19.5. The Morgan fingerprint density at radius 2 is 1.68 bits per heavy atom. The van der Waals surface area contributed by atoms with E-state index in [0.717, 1.165) is 24.0 Å². The van der Waals surface area contributed by atoms with Crippen LogP contribution in [0.5, 0.6) is 0 Å². The Bertz CT molecular complexity index is 929. The van der Waals surface area contributed by atoms with Crippen molar-refractivity contribution in [1.29, 1.82) is 0 Å². The maximum Gasteiger partial charge on any atom is 0.276 e. The van der Waals surface area contributed by atoms with Crippen LogP contribution in [0.15, 0.2) is 65.1 Å². The van der Waals surface area contributed by atoms with Crippen LogP contribution in [0.3, 0.4) is 0 Å². The molecule has 1 fully saturated rings. The van der Waals surface area contributed by atoms with E-state index in [1.165, 1.54) is 0 Å². The normalized spacial score (nSPS) is 16.1. The largest absolute Gasteiger partial charge is 0.441 e. The van der Waals surface area contributed by atoms with Crippen molar-refractivity contribution in [2.24, 2.45) is 5.92 Å². The third kappa shape index (κ3) is 3.71. The summed E-state index contributed by atoms with van der Waals surface area (Å²) in [5, 5.41) is 10.6. The molecule has 0 radical (unpaired) electrons. The highest BCUT2D eigenvalue weighted by molar-refractivity contribution is 5.93. The highest BCUT2D eigenvalue weighted by Crippen LogP contribution is 2.31. The van der Waals surface area contributed by atoms with Gasteiger partial charge in [-0.25, -0.2) is 4.98 Å². The molecular weight excluding hydrogens is 352 g/mol. The maximum absolute atomic E-state index is 13.0. The standard InChI is InChI=1S/C23H24N2O3/c1-16-20(24-22(28-16)19-10-6-3-7-11-19)23(27)25-14-12-18(13-15-25)21(26)17-8-4-2-5-9-17/h2-11,18,21,26H,12-15H2,1H3. The predicted molar refractivity (Wildman–Crippen MR) is 107 cm³/mol. The third-order valence-electron chi connectivity index (χ3n) is 5.43. The molecule has 1 unspecified atom stereocenters. The van der Waals surface area contributed by atoms with Crippen molar-refractivity contribution in [3.63, 3.8) is 0 Å². The molecule has 0 spiro atoms. The SMILES string of the molecule is Cc1oc(-c2ccccc2)nc1C(=O)N1CCC(C(O)c2ccccc2)CC1. The van der Waals surface area contributed by atoms with Crippen LogP contribution in [-0.4, -0.2) is 34.0 Å². The van der Waals surface area contributed by atoms with Crippen molar-refractivity contribution in [1.82, 2.24) is 9.88 Å². The first-order chi connectivity index (χ1) is 13.6. The molecule has 2 heterocycles. The fourth-order valence-corrected chi connectivity index (χ4v) is 3.79. The lowest BCUT2D eigenvalue weighted by atomic mass is 9.87. The number of likely N-dealkylation sites (tertiary alicyclic amines) is 1. The topological polar surface area (TPSA) is 66.6 Å². The van der Waals surface area contributed by atoms with Gasteiger partial charge in [0.05, 0.1) is 6.10 Å². The Morgan fingerprint density at radius 3 is 2.32 bits per heavy atom. The molecule has 1 N–H and O–H groups in total. The molecular formula is C23H24N2O3. The lowest BCUT2D eigenvalue weighted by Crippen LogP contribution is -2.40. The minimum Gasteiger partial charge on any atom is -0.441 e. The number of benzene rings is 2. The van der Waals surface area contributed by atoms with Crippen molar-refractivity contribution in [3.8, 4) is 11.5 Å². The molecule has 1 atom stereocenters. The Hall–Kier alpha value is -2.92. The minimum atomic E-state index is -0.489. The van der Waals surface area contributed by atoms with E-state index in [0.29, 0.717) is 30.4 Å². The van der Waals surface area contributed by atoms with Gasteiger partial charge in [0.2, 0.25) is 5.89 Å². The molecule has 0 saturated carbocycles. The molecule has 4 rings (SSSR count). The molecule has 0 bridgehead atoms. The number of nitrogens with zero attached hydrogens (tertiary/aromatic N) is 2. The van der Waals surface area contributed by atoms with Crippen LogP contribution in [0.4, 0.5) is 0 Å². The van der Waals surface area contributed by atoms with E-state index < -0.39 is 6.10 Å². The quantitative estimate of drug-likeness (QED) is 0.740. The number of hydrogen-bond acceptors (Lipinski definition) is 4. The van der Waals surface area contributed by atoms with E-state index in [1.54, 1.807) is 6.92 Å². The lowest BCUT2D eigenvalue weighted by Gasteiger charge is -2.34. The van der Waals surface area contributed by atoms with Crippen LogP contribution in [0.25, 0.3) is 11.5 Å². The molecule has 1 amide bonds. The van der Waals surface area contributed by atoms with E-state index >= 15 is 0 Å². The number of carbonyl (C=O) groups excluding carboxylic acids is 1. The van der Waals surface area contributed by atoms with Crippen LogP contribution in [0.1, 0.15) is 40.8 Å². The Morgan fingerprint density at radius 1 is 1.07 bits per heavy atom. The van der Waals surface area contributed by atoms with Gasteiger partial charge in [-0.2, -0.15) is 0 Å². The van der Waals surface area contributed by atoms with E-state index in [2.05, 4.69) is 4.98 Å². The van der Waals surface area contributed by atoms with E-state index in [9.17, 15) is 9.90 Å². The van der Waals surface area contributed by atoms with Gasteiger partial charge in [0.15, 0.2) is 5.69 Å². The summed E-state index contributed by atoms with van der Waals surface area (Å²) in [4.78, 5) is 19.2. The molecule has 1 aliphatic rings. The summed E-state index contributed by atoms with van der Waals surface area (Å²) in [7, 11) is 0. The average molecular weight is 376 g/mol. The van der Waals surface area contributed by atoms with Crippen molar-refractivity contribution in [3.05, 3.63) is 77.7 Å². The van der Waals surface area contributed by atoms with Crippen LogP contribution in [-0.2, 0) is 0 Å². The highest BCUT2D eigenvalue weighted by atomic mass is 16.4. The zero-order valence-corrected chi connectivity index (χ0v) is 15.9. The molecule has 28 heavy (non-hydrogen) atoms. The predicted octanol–water partition coefficient (Wildman–Crippen LogP) is 4.24. The molecule has 1 aromatic heterocycles. The summed E-state index contributed by atoms with van der Waals surface area (Å²) in [6.07, 6.45) is 1.05. The minimum absolute atomic E-state index is 0.101. The smallest absolute Gasteiger partial charge is 0.276 e. The second kappa shape index (κ2) is 7.98. The average Bonchev–Trinajstić information content (AvgIpc) is 3.16. The number of amides is 1. The first-order valence-corrected chi connectivity index (χ1v) is 9.68. The van der Waals surface area contributed by atoms with E-state index in [1.807, 2.05) is 65.6 Å². The second-order valence-electron chi connectivity index (χ2n) is 7.27. The maximum atomic E-state index is 13.0. The van der Waals surface area contributed by atoms with Gasteiger partial charge in [-0.05, 0) is 43.4 Å². The van der Waals surface area contributed by atoms with Gasteiger partial charge in [0, 0.05) is 18.7 Å². The summed E-state index contributed by atoms with van der Waals surface area (Å²) >= 11 is 0. The number of aromatic nitrogens is 1. The summed E-state index contributed by atoms with van der Waals surface area (Å²) in [6, 6.07) is 19.3. The zero-order valence-electron chi connectivity index (χ0n) is 15.9. The lowest BCUT2D eigenvalue weighted by molar-refractivity contribution is 0.0458. The first-order valence-electron chi connectivity index (χ1n) is 9.68. The Labute approximate surface area is 164 Å². The summed E-state index contributed by atoms with van der Waals surface area (Å²) in [5.41, 5.74) is 2.17. The van der Waals surface area contributed by atoms with Crippen LogP contribution < -0.4 is 0 Å². The van der Waals surface area contributed by atoms with E-state index in [4.69, 9.17) is 4.42 Å². The highest BCUT2D eigenvalue weighted by Gasteiger charge is 2.30. The molecule has 5 nitrogen and oxygen atoms in total. The molecule has 2 aromatic carbocycles. The van der Waals surface area contributed by atoms with Gasteiger partial charge >= 0.3 is 0 Å². The fraction of sp³-hybridized carbons (Fsp3) is 0.304. The van der Waals surface area contributed by atoms with Gasteiger partial charge in [-0.3, -0.25) is 4.79 Å². The van der Waals surface area contributed by atoms with Crippen molar-refractivity contribution in [2.75, 3.05) is 13.1 Å². The van der Waals surface area contributed by atoms with Gasteiger partial charge in [-0.1, -0.05) is 48.5 Å². The number of aliphatic hydroxyl groups excluding tert-OH is 1.